The monoisotopic (exact) mass is 459 g/mol. The molecule has 0 bridgehead atoms. The average Bonchev–Trinajstić information content (AvgIpc) is 2.86. The van der Waals surface area contributed by atoms with Crippen LogP contribution in [-0.2, 0) is 14.3 Å². The molecule has 1 amide bonds. The molecular weight excluding hydrogens is 430 g/mol. The largest absolute Gasteiger partial charge is 0.498 e. The number of carbonyl (C=O) groups excluding carboxylic acids is 1. The molecule has 34 heavy (non-hydrogen) atoms. The number of hydrogen-bond acceptors (Lipinski definition) is 7. The van der Waals surface area contributed by atoms with E-state index in [1.807, 2.05) is 49.4 Å². The highest BCUT2D eigenvalue weighted by Gasteiger charge is 2.11. The van der Waals surface area contributed by atoms with Gasteiger partial charge < -0.3 is 25.0 Å². The minimum Gasteiger partial charge on any atom is -0.498 e. The lowest BCUT2D eigenvalue weighted by molar-refractivity contribution is -0.116. The molecule has 1 aliphatic rings. The smallest absolute Gasteiger partial charge is 0.231 e. The van der Waals surface area contributed by atoms with Gasteiger partial charge in [-0.3, -0.25) is 4.79 Å². The SMILES string of the molecule is C=C(CC(=O)Nc1ccc(-c2ccnc(Nc3ccc(N4CCOCC4)cc3)n2)cc1)OCC. The second-order valence-electron chi connectivity index (χ2n) is 7.81. The third kappa shape index (κ3) is 6.32. The van der Waals surface area contributed by atoms with Crippen LogP contribution < -0.4 is 15.5 Å². The normalized spacial score (nSPS) is 13.3. The van der Waals surface area contributed by atoms with E-state index in [1.54, 1.807) is 6.20 Å². The quantitative estimate of drug-likeness (QED) is 0.452. The summed E-state index contributed by atoms with van der Waals surface area (Å²) in [5.74, 6) is 0.802. The van der Waals surface area contributed by atoms with E-state index >= 15 is 0 Å². The first-order valence-corrected chi connectivity index (χ1v) is 11.3. The van der Waals surface area contributed by atoms with Gasteiger partial charge in [0.1, 0.15) is 0 Å². The minimum atomic E-state index is -0.167. The predicted octanol–water partition coefficient (Wildman–Crippen LogP) is 4.60. The average molecular weight is 460 g/mol. The molecule has 1 aliphatic heterocycles. The molecule has 4 rings (SSSR count). The highest BCUT2D eigenvalue weighted by molar-refractivity contribution is 5.92. The molecule has 0 unspecified atom stereocenters. The zero-order chi connectivity index (χ0) is 23.8. The second kappa shape index (κ2) is 11.3. The molecule has 3 aromatic rings. The highest BCUT2D eigenvalue weighted by Crippen LogP contribution is 2.23. The van der Waals surface area contributed by atoms with Gasteiger partial charge in [-0.25, -0.2) is 9.97 Å². The minimum absolute atomic E-state index is 0.129. The van der Waals surface area contributed by atoms with Crippen LogP contribution in [0.5, 0.6) is 0 Å². The van der Waals surface area contributed by atoms with Crippen molar-refractivity contribution in [1.29, 1.82) is 0 Å². The van der Waals surface area contributed by atoms with Crippen molar-refractivity contribution in [3.05, 3.63) is 73.1 Å². The van der Waals surface area contributed by atoms with Crippen LogP contribution in [0.4, 0.5) is 23.0 Å². The van der Waals surface area contributed by atoms with E-state index < -0.39 is 0 Å². The van der Waals surface area contributed by atoms with E-state index in [0.717, 1.165) is 43.2 Å². The van der Waals surface area contributed by atoms with Crippen LogP contribution in [0.2, 0.25) is 0 Å². The fraction of sp³-hybridized carbons (Fsp3) is 0.269. The van der Waals surface area contributed by atoms with Gasteiger partial charge in [0.2, 0.25) is 11.9 Å². The lowest BCUT2D eigenvalue weighted by Gasteiger charge is -2.28. The number of nitrogens with one attached hydrogen (secondary N) is 2. The van der Waals surface area contributed by atoms with E-state index in [4.69, 9.17) is 9.47 Å². The van der Waals surface area contributed by atoms with Crippen molar-refractivity contribution in [3.63, 3.8) is 0 Å². The lowest BCUT2D eigenvalue weighted by Crippen LogP contribution is -2.36. The van der Waals surface area contributed by atoms with Crippen LogP contribution >= 0.6 is 0 Å². The fourth-order valence-corrected chi connectivity index (χ4v) is 3.65. The Kier molecular flexibility index (Phi) is 7.72. The van der Waals surface area contributed by atoms with E-state index in [2.05, 4.69) is 44.2 Å². The Labute approximate surface area is 199 Å². The van der Waals surface area contributed by atoms with Crippen molar-refractivity contribution in [2.45, 2.75) is 13.3 Å². The summed E-state index contributed by atoms with van der Waals surface area (Å²) in [6, 6.07) is 17.6. The molecule has 1 fully saturated rings. The fourth-order valence-electron chi connectivity index (χ4n) is 3.65. The van der Waals surface area contributed by atoms with Gasteiger partial charge in [0.15, 0.2) is 0 Å². The van der Waals surface area contributed by atoms with Gasteiger partial charge in [-0.15, -0.1) is 0 Å². The molecular formula is C26H29N5O3. The van der Waals surface area contributed by atoms with Gasteiger partial charge in [0, 0.05) is 41.9 Å². The molecule has 0 atom stereocenters. The third-order valence-corrected chi connectivity index (χ3v) is 5.33. The third-order valence-electron chi connectivity index (χ3n) is 5.33. The maximum absolute atomic E-state index is 12.1. The van der Waals surface area contributed by atoms with Crippen LogP contribution in [0.1, 0.15) is 13.3 Å². The van der Waals surface area contributed by atoms with E-state index in [1.165, 1.54) is 5.69 Å². The Morgan fingerprint density at radius 3 is 2.47 bits per heavy atom. The number of carbonyl (C=O) groups is 1. The molecule has 0 saturated carbocycles. The van der Waals surface area contributed by atoms with Crippen LogP contribution in [0.15, 0.2) is 73.1 Å². The molecule has 0 spiro atoms. The van der Waals surface area contributed by atoms with E-state index in [0.29, 0.717) is 24.0 Å². The second-order valence-corrected chi connectivity index (χ2v) is 7.81. The van der Waals surface area contributed by atoms with Gasteiger partial charge >= 0.3 is 0 Å². The molecule has 8 nitrogen and oxygen atoms in total. The number of benzene rings is 2. The predicted molar refractivity (Wildman–Crippen MR) is 134 cm³/mol. The molecule has 2 aromatic carbocycles. The summed E-state index contributed by atoms with van der Waals surface area (Å²) in [6.45, 7) is 9.42. The molecule has 0 aliphatic carbocycles. The Bertz CT molecular complexity index is 1110. The summed E-state index contributed by atoms with van der Waals surface area (Å²) in [4.78, 5) is 23.4. The molecule has 2 heterocycles. The van der Waals surface area contributed by atoms with Crippen molar-refractivity contribution in [1.82, 2.24) is 9.97 Å². The van der Waals surface area contributed by atoms with Crippen molar-refractivity contribution in [2.75, 3.05) is 48.4 Å². The lowest BCUT2D eigenvalue weighted by atomic mass is 10.1. The molecule has 1 saturated heterocycles. The van der Waals surface area contributed by atoms with Crippen molar-refractivity contribution >= 4 is 28.9 Å². The van der Waals surface area contributed by atoms with Crippen LogP contribution in [0.3, 0.4) is 0 Å². The molecule has 0 radical (unpaired) electrons. The summed E-state index contributed by atoms with van der Waals surface area (Å²) < 4.78 is 10.7. The summed E-state index contributed by atoms with van der Waals surface area (Å²) in [5.41, 5.74) is 4.50. The van der Waals surface area contributed by atoms with Gasteiger partial charge in [-0.05, 0) is 49.4 Å². The Morgan fingerprint density at radius 2 is 1.76 bits per heavy atom. The van der Waals surface area contributed by atoms with Crippen molar-refractivity contribution in [3.8, 4) is 11.3 Å². The summed E-state index contributed by atoms with van der Waals surface area (Å²) in [5, 5.41) is 6.11. The maximum atomic E-state index is 12.1. The highest BCUT2D eigenvalue weighted by atomic mass is 16.5. The standard InChI is InChI=1S/C26H29N5O3/c1-3-34-19(2)18-25(32)28-21-6-4-20(5-7-21)24-12-13-27-26(30-24)29-22-8-10-23(11-9-22)31-14-16-33-17-15-31/h4-13H,2-3,14-18H2,1H3,(H,28,32)(H,27,29,30). The first-order valence-electron chi connectivity index (χ1n) is 11.3. The van der Waals surface area contributed by atoms with E-state index in [-0.39, 0.29) is 12.3 Å². The Morgan fingerprint density at radius 1 is 1.06 bits per heavy atom. The Hall–Kier alpha value is -3.91. The number of nitrogens with zero attached hydrogens (tertiary/aromatic N) is 3. The Balaban J connectivity index is 1.37. The van der Waals surface area contributed by atoms with Gasteiger partial charge in [-0.1, -0.05) is 18.7 Å². The number of hydrogen-bond donors (Lipinski definition) is 2. The van der Waals surface area contributed by atoms with Crippen LogP contribution in [0, 0.1) is 0 Å². The summed E-state index contributed by atoms with van der Waals surface area (Å²) in [6.07, 6.45) is 1.85. The molecule has 2 N–H and O–H groups in total. The first-order chi connectivity index (χ1) is 16.6. The number of anilines is 4. The molecule has 1 aromatic heterocycles. The van der Waals surface area contributed by atoms with Gasteiger partial charge in [-0.2, -0.15) is 0 Å². The number of aromatic nitrogens is 2. The topological polar surface area (TPSA) is 88.6 Å². The zero-order valence-electron chi connectivity index (χ0n) is 19.3. The number of rotatable bonds is 9. The van der Waals surface area contributed by atoms with Gasteiger partial charge in [0.25, 0.3) is 0 Å². The molecule has 176 valence electrons. The summed E-state index contributed by atoms with van der Waals surface area (Å²) in [7, 11) is 0. The van der Waals surface area contributed by atoms with E-state index in [9.17, 15) is 4.79 Å². The van der Waals surface area contributed by atoms with Crippen LogP contribution in [-0.4, -0.2) is 48.8 Å². The number of amides is 1. The number of morpholine rings is 1. The number of ether oxygens (including phenoxy) is 2. The van der Waals surface area contributed by atoms with Gasteiger partial charge in [0.05, 0.1) is 37.7 Å². The molecule has 8 heteroatoms. The summed E-state index contributed by atoms with van der Waals surface area (Å²) >= 11 is 0. The first kappa shape index (κ1) is 23.3. The zero-order valence-corrected chi connectivity index (χ0v) is 19.3. The van der Waals surface area contributed by atoms with Crippen molar-refractivity contribution < 1.29 is 14.3 Å². The van der Waals surface area contributed by atoms with Crippen LogP contribution in [0.25, 0.3) is 11.3 Å². The maximum Gasteiger partial charge on any atom is 0.231 e. The van der Waals surface area contributed by atoms with Crippen molar-refractivity contribution in [2.24, 2.45) is 0 Å².